The molecule has 31 nitrogen and oxygen atoms in total. The summed E-state index contributed by atoms with van der Waals surface area (Å²) in [5.74, 6) is -11.2. The minimum absolute atomic E-state index is 0.0339. The second kappa shape index (κ2) is 40.1. The third-order valence-electron chi connectivity index (χ3n) is 13.8. The van der Waals surface area contributed by atoms with Crippen LogP contribution >= 0.6 is 0 Å². The van der Waals surface area contributed by atoms with Crippen molar-refractivity contribution in [2.45, 2.75) is 197 Å². The van der Waals surface area contributed by atoms with Gasteiger partial charge in [-0.15, -0.1) is 0 Å². The van der Waals surface area contributed by atoms with Crippen molar-refractivity contribution < 1.29 is 72.5 Å². The molecule has 490 valence electrons. The van der Waals surface area contributed by atoms with E-state index in [1.807, 2.05) is 6.92 Å². The first-order valence-corrected chi connectivity index (χ1v) is 29.6. The first-order chi connectivity index (χ1) is 41.2. The molecule has 2 unspecified atom stereocenters. The molecule has 31 heteroatoms. The molecule has 1 fully saturated rings. The maximum Gasteiger partial charge on any atom is 0.306 e. The van der Waals surface area contributed by atoms with Gasteiger partial charge in [-0.1, -0.05) is 57.5 Å². The fraction of sp³-hybridized carbons (Fsp3) is 0.679. The Labute approximate surface area is 507 Å². The Hall–Kier alpha value is -7.42. The van der Waals surface area contributed by atoms with Gasteiger partial charge in [0, 0.05) is 19.4 Å². The van der Waals surface area contributed by atoms with Crippen molar-refractivity contribution in [1.82, 2.24) is 58.5 Å². The van der Waals surface area contributed by atoms with Crippen LogP contribution in [0.3, 0.4) is 0 Å². The third kappa shape index (κ3) is 27.4. The number of esters is 1. The Morgan fingerprint density at radius 1 is 0.575 bits per heavy atom. The lowest BCUT2D eigenvalue weighted by molar-refractivity contribution is -0.149. The molecular formula is C56H96N16O15. The lowest BCUT2D eigenvalue weighted by atomic mass is 10.00. The van der Waals surface area contributed by atoms with Crippen LogP contribution < -0.4 is 87.2 Å². The molecule has 2 rings (SSSR count). The van der Waals surface area contributed by atoms with Gasteiger partial charge in [-0.2, -0.15) is 0 Å². The van der Waals surface area contributed by atoms with Crippen molar-refractivity contribution in [3.63, 3.8) is 0 Å². The molecule has 23 N–H and O–H groups in total. The smallest absolute Gasteiger partial charge is 0.306 e. The zero-order valence-electron chi connectivity index (χ0n) is 50.8. The van der Waals surface area contributed by atoms with Crippen LogP contribution in [-0.2, 0) is 68.7 Å². The zero-order chi connectivity index (χ0) is 65.3. The summed E-state index contributed by atoms with van der Waals surface area (Å²) in [5.41, 5.74) is 29.9. The summed E-state index contributed by atoms with van der Waals surface area (Å²) in [5, 5.41) is 49.3. The molecule has 13 atom stereocenters. The Morgan fingerprint density at radius 2 is 1.07 bits per heavy atom. The van der Waals surface area contributed by atoms with Crippen LogP contribution in [0.5, 0.6) is 0 Å². The maximum absolute atomic E-state index is 14.5. The number of hydrogen-bond donors (Lipinski definition) is 18. The average molecular weight is 1230 g/mol. The van der Waals surface area contributed by atoms with Gasteiger partial charge in [0.2, 0.25) is 65.0 Å². The van der Waals surface area contributed by atoms with Gasteiger partial charge in [-0.3, -0.25) is 57.5 Å². The van der Waals surface area contributed by atoms with Crippen LogP contribution in [0.2, 0.25) is 0 Å². The van der Waals surface area contributed by atoms with Crippen molar-refractivity contribution in [2.75, 3.05) is 39.3 Å². The Kier molecular flexibility index (Phi) is 34.9. The van der Waals surface area contributed by atoms with Gasteiger partial charge < -0.3 is 102 Å². The predicted octanol–water partition coefficient (Wildman–Crippen LogP) is -6.34. The Bertz CT molecular complexity index is 2420. The summed E-state index contributed by atoms with van der Waals surface area (Å²) in [6, 6.07) is -6.70. The van der Waals surface area contributed by atoms with Crippen LogP contribution in [0.25, 0.3) is 0 Å². The van der Waals surface area contributed by atoms with Gasteiger partial charge in [0.05, 0.1) is 24.7 Å². The van der Waals surface area contributed by atoms with Gasteiger partial charge in [0.25, 0.3) is 0 Å². The van der Waals surface area contributed by atoms with Crippen LogP contribution in [0.1, 0.15) is 118 Å². The summed E-state index contributed by atoms with van der Waals surface area (Å²) >= 11 is 0. The van der Waals surface area contributed by atoms with E-state index in [0.29, 0.717) is 12.0 Å². The van der Waals surface area contributed by atoms with Crippen molar-refractivity contribution >= 4 is 70.9 Å². The molecule has 0 bridgehead atoms. The molecule has 1 aromatic carbocycles. The summed E-state index contributed by atoms with van der Waals surface area (Å²) in [4.78, 5) is 166. The highest BCUT2D eigenvalue weighted by molar-refractivity contribution is 5.99. The third-order valence-corrected chi connectivity index (χ3v) is 13.8. The molecular weight excluding hydrogens is 1140 g/mol. The molecule has 0 saturated carbocycles. The highest BCUT2D eigenvalue weighted by Crippen LogP contribution is 2.12. The number of ether oxygens (including phenoxy) is 1. The van der Waals surface area contributed by atoms with Crippen LogP contribution in [0, 0.1) is 5.92 Å². The summed E-state index contributed by atoms with van der Waals surface area (Å²) in [6.45, 7) is 8.17. The first-order valence-electron chi connectivity index (χ1n) is 29.6. The van der Waals surface area contributed by atoms with E-state index in [9.17, 15) is 67.7 Å². The van der Waals surface area contributed by atoms with E-state index < -0.39 is 157 Å². The van der Waals surface area contributed by atoms with Gasteiger partial charge in [0.15, 0.2) is 0 Å². The number of benzene rings is 1. The molecule has 0 radical (unpaired) electrons. The fourth-order valence-electron chi connectivity index (χ4n) is 9.10. The number of nitrogens with two attached hydrogens (primary N) is 5. The Balaban J connectivity index is 2.66. The normalized spacial score (nSPS) is 22.6. The van der Waals surface area contributed by atoms with E-state index in [4.69, 9.17) is 33.4 Å². The van der Waals surface area contributed by atoms with Crippen molar-refractivity contribution in [3.8, 4) is 0 Å². The summed E-state index contributed by atoms with van der Waals surface area (Å²) < 4.78 is 5.28. The second-order valence-electron chi connectivity index (χ2n) is 21.9. The van der Waals surface area contributed by atoms with E-state index in [2.05, 4.69) is 58.5 Å². The molecule has 1 aliphatic rings. The molecule has 11 amide bonds. The second-order valence-corrected chi connectivity index (χ2v) is 21.9. The number of carbonyl (C=O) groups excluding carboxylic acids is 12. The van der Waals surface area contributed by atoms with Gasteiger partial charge in [-0.05, 0) is 116 Å². The highest BCUT2D eigenvalue weighted by Gasteiger charge is 2.38. The lowest BCUT2D eigenvalue weighted by Crippen LogP contribution is -2.62. The number of hydrogen-bond acceptors (Lipinski definition) is 20. The van der Waals surface area contributed by atoms with Crippen molar-refractivity contribution in [3.05, 3.63) is 35.9 Å². The summed E-state index contributed by atoms with van der Waals surface area (Å²) in [7, 11) is 0. The van der Waals surface area contributed by atoms with Crippen molar-refractivity contribution in [2.24, 2.45) is 34.6 Å². The van der Waals surface area contributed by atoms with Crippen LogP contribution in [0.15, 0.2) is 30.3 Å². The monoisotopic (exact) mass is 1230 g/mol. The molecule has 1 aromatic rings. The molecule has 0 aliphatic carbocycles. The quantitative estimate of drug-likeness (QED) is 0.0332. The highest BCUT2D eigenvalue weighted by atomic mass is 16.5. The maximum atomic E-state index is 14.5. The van der Waals surface area contributed by atoms with Crippen LogP contribution in [-0.4, -0.2) is 199 Å². The number of rotatable bonds is 29. The number of aliphatic hydroxyl groups excluding tert-OH is 2. The van der Waals surface area contributed by atoms with E-state index in [0.717, 1.165) is 13.3 Å². The topological polar surface area (TPSA) is 517 Å². The standard InChI is InChI=1S/C56H96N16O15/c1-7-11-31(4)87-44(76)15-14-43(75)63-35(16-22-57)51(81)72-46(33(6)74)56(86)68-38(19-25-60)48(78)67-40-21-27-62-55(85)45(32(5)73)71-52(82)39(20-26-61)65-47(77)36(17-23-58)66-53(83)41(28-30(2)3)69-54(84)42(29-34-12-9-8-10-13-34)70-49(79)37(18-24-59)64-50(40)80/h8-10,12-13,30-33,35-42,45-46,73-74H,7,11,14-29,57-61H2,1-6H3,(H,62,85)(H,63,75)(H,64,80)(H,65,77)(H,66,83)(H,67,78)(H,68,86)(H,69,84)(H,70,79)(H,71,82)(H,72,81)/t31-,32?,33?,35-,36-,37-,38-,39-,40-,41-,42+,45-,46-/m0/s1. The predicted molar refractivity (Wildman–Crippen MR) is 318 cm³/mol. The zero-order valence-corrected chi connectivity index (χ0v) is 50.8. The molecule has 0 spiro atoms. The van der Waals surface area contributed by atoms with E-state index >= 15 is 0 Å². The average Bonchev–Trinajstić information content (AvgIpc) is 3.64. The molecule has 87 heavy (non-hydrogen) atoms. The van der Waals surface area contributed by atoms with Crippen LogP contribution in [0.4, 0.5) is 0 Å². The van der Waals surface area contributed by atoms with Gasteiger partial charge in [-0.25, -0.2) is 0 Å². The van der Waals surface area contributed by atoms with Gasteiger partial charge in [0.1, 0.15) is 60.4 Å². The number of carbonyl (C=O) groups is 12. The Morgan fingerprint density at radius 3 is 1.57 bits per heavy atom. The minimum Gasteiger partial charge on any atom is -0.463 e. The number of nitrogens with one attached hydrogen (secondary N) is 11. The largest absolute Gasteiger partial charge is 0.463 e. The van der Waals surface area contributed by atoms with E-state index in [-0.39, 0.29) is 103 Å². The number of aliphatic hydroxyl groups is 2. The first kappa shape index (κ1) is 75.7. The summed E-state index contributed by atoms with van der Waals surface area (Å²) in [6.07, 6.45) is -4.46. The molecule has 1 heterocycles. The van der Waals surface area contributed by atoms with E-state index in [1.165, 1.54) is 6.92 Å². The molecule has 0 aromatic heterocycles. The molecule has 1 aliphatic heterocycles. The molecule has 1 saturated heterocycles. The number of amides is 11. The fourth-order valence-corrected chi connectivity index (χ4v) is 9.10. The van der Waals surface area contributed by atoms with Gasteiger partial charge >= 0.3 is 5.97 Å². The lowest BCUT2D eigenvalue weighted by Gasteiger charge is -2.29. The SMILES string of the molecule is CCC[C@H](C)OC(=O)CCC(=O)N[C@@H](CCN)C(=O)N[C@H](C(=O)N[C@@H](CCN)C(=O)N[C@H]1CCNC(=O)[C@H](C(C)O)NC(=O)[C@H](CCN)NC(=O)[C@H](CCN)NC(=O)[C@H](CC(C)C)NC(=O)[C@@H](Cc2ccccc2)NC(=O)[C@H](CCN)NC1=O)C(C)O. The van der Waals surface area contributed by atoms with E-state index in [1.54, 1.807) is 51.1 Å². The van der Waals surface area contributed by atoms with Crippen molar-refractivity contribution in [1.29, 1.82) is 0 Å². The minimum atomic E-state index is -1.78.